The first-order chi connectivity index (χ1) is 12.4. The molecule has 3 rings (SSSR count). The minimum absolute atomic E-state index is 0.0743. The number of benzene rings is 1. The van der Waals surface area contributed by atoms with Gasteiger partial charge in [-0.2, -0.15) is 5.10 Å². The maximum atomic E-state index is 12.4. The summed E-state index contributed by atoms with van der Waals surface area (Å²) in [6.45, 7) is 8.90. The minimum atomic E-state index is -0.437. The topological polar surface area (TPSA) is 64.4 Å². The Morgan fingerprint density at radius 1 is 1.23 bits per heavy atom. The van der Waals surface area contributed by atoms with Gasteiger partial charge in [0, 0.05) is 31.0 Å². The molecule has 1 aliphatic rings. The van der Waals surface area contributed by atoms with Gasteiger partial charge in [-0.3, -0.25) is 4.79 Å². The van der Waals surface area contributed by atoms with Crippen molar-refractivity contribution in [1.82, 2.24) is 14.7 Å². The molecule has 0 radical (unpaired) electrons. The van der Waals surface area contributed by atoms with E-state index in [2.05, 4.69) is 5.10 Å². The van der Waals surface area contributed by atoms with E-state index in [1.807, 2.05) is 49.7 Å². The molecule has 0 atom stereocenters. The van der Waals surface area contributed by atoms with E-state index in [0.717, 1.165) is 22.5 Å². The van der Waals surface area contributed by atoms with E-state index in [1.165, 1.54) is 0 Å². The van der Waals surface area contributed by atoms with Crippen molar-refractivity contribution in [2.24, 2.45) is 5.92 Å². The Labute approximate surface area is 153 Å². The van der Waals surface area contributed by atoms with Gasteiger partial charge in [0.2, 0.25) is 5.91 Å². The number of carbonyl (C=O) groups excluding carboxylic acids is 2. The summed E-state index contributed by atoms with van der Waals surface area (Å²) in [5.41, 5.74) is 4.15. The van der Waals surface area contributed by atoms with Crippen molar-refractivity contribution in [3.8, 4) is 5.69 Å². The zero-order chi connectivity index (χ0) is 18.8. The van der Waals surface area contributed by atoms with E-state index >= 15 is 0 Å². The molecule has 2 aromatic rings. The maximum Gasteiger partial charge on any atom is 0.359 e. The summed E-state index contributed by atoms with van der Waals surface area (Å²) in [4.78, 5) is 26.6. The third-order valence-corrected chi connectivity index (χ3v) is 4.61. The summed E-state index contributed by atoms with van der Waals surface area (Å²) in [7, 11) is 0. The Morgan fingerprint density at radius 2 is 1.92 bits per heavy atom. The van der Waals surface area contributed by atoms with Gasteiger partial charge in [0.1, 0.15) is 0 Å². The van der Waals surface area contributed by atoms with Crippen LogP contribution < -0.4 is 0 Å². The predicted molar refractivity (Wildman–Crippen MR) is 98.2 cm³/mol. The average molecular weight is 355 g/mol. The quantitative estimate of drug-likeness (QED) is 0.791. The number of ether oxygens (including phenoxy) is 1. The van der Waals surface area contributed by atoms with E-state index in [1.54, 1.807) is 11.8 Å². The average Bonchev–Trinajstić information content (AvgIpc) is 3.00. The molecular formula is C20H25N3O3. The molecule has 0 saturated carbocycles. The molecule has 6 nitrogen and oxygen atoms in total. The fourth-order valence-electron chi connectivity index (χ4n) is 3.24. The monoisotopic (exact) mass is 355 g/mol. The Bertz CT molecular complexity index is 822. The van der Waals surface area contributed by atoms with Gasteiger partial charge in [-0.05, 0) is 26.0 Å². The molecule has 0 spiro atoms. The Kier molecular flexibility index (Phi) is 5.11. The Balaban J connectivity index is 2.04. The lowest BCUT2D eigenvalue weighted by Gasteiger charge is -2.29. The first kappa shape index (κ1) is 18.2. The van der Waals surface area contributed by atoms with Gasteiger partial charge in [-0.15, -0.1) is 0 Å². The highest BCUT2D eigenvalue weighted by molar-refractivity contribution is 5.90. The van der Waals surface area contributed by atoms with Gasteiger partial charge in [-0.25, -0.2) is 9.48 Å². The van der Waals surface area contributed by atoms with E-state index in [4.69, 9.17) is 4.74 Å². The molecule has 0 saturated heterocycles. The molecule has 0 bridgehead atoms. The third-order valence-electron chi connectivity index (χ3n) is 4.61. The summed E-state index contributed by atoms with van der Waals surface area (Å²) < 4.78 is 7.00. The number of fused-ring (bicyclic) bond motifs is 1. The van der Waals surface area contributed by atoms with Crippen LogP contribution in [0.5, 0.6) is 0 Å². The standard InChI is InChI=1S/C20H25N3O3/c1-5-26-20(25)18-16-12-22(19(24)13(2)3)11-10-17(16)23(21-18)15-8-6-14(4)7-9-15/h6-9,13H,5,10-12H2,1-4H3. The second kappa shape index (κ2) is 7.32. The fraction of sp³-hybridized carbons (Fsp3) is 0.450. The van der Waals surface area contributed by atoms with Crippen LogP contribution in [0.15, 0.2) is 24.3 Å². The number of hydrogen-bond donors (Lipinski definition) is 0. The van der Waals surface area contributed by atoms with Crippen LogP contribution in [0.25, 0.3) is 5.69 Å². The summed E-state index contributed by atoms with van der Waals surface area (Å²) in [6, 6.07) is 8.02. The van der Waals surface area contributed by atoms with Crippen LogP contribution in [0.4, 0.5) is 0 Å². The number of nitrogens with zero attached hydrogens (tertiary/aromatic N) is 3. The Morgan fingerprint density at radius 3 is 2.54 bits per heavy atom. The first-order valence-corrected chi connectivity index (χ1v) is 9.06. The lowest BCUT2D eigenvalue weighted by Crippen LogP contribution is -2.39. The number of esters is 1. The van der Waals surface area contributed by atoms with Crippen LogP contribution in [-0.2, 0) is 22.5 Å². The SMILES string of the molecule is CCOC(=O)c1nn(-c2ccc(C)cc2)c2c1CN(C(=O)C(C)C)CC2. The second-order valence-electron chi connectivity index (χ2n) is 6.91. The second-order valence-corrected chi connectivity index (χ2v) is 6.91. The molecule has 1 aliphatic heterocycles. The van der Waals surface area contributed by atoms with Crippen molar-refractivity contribution < 1.29 is 14.3 Å². The highest BCUT2D eigenvalue weighted by atomic mass is 16.5. The number of amides is 1. The van der Waals surface area contributed by atoms with Crippen LogP contribution in [-0.4, -0.2) is 39.7 Å². The third kappa shape index (κ3) is 3.36. The number of carbonyl (C=O) groups is 2. The molecule has 1 amide bonds. The minimum Gasteiger partial charge on any atom is -0.461 e. The Hall–Kier alpha value is -2.63. The van der Waals surface area contributed by atoms with Crippen molar-refractivity contribution in [2.75, 3.05) is 13.2 Å². The van der Waals surface area contributed by atoms with Crippen LogP contribution in [0, 0.1) is 12.8 Å². The maximum absolute atomic E-state index is 12.4. The largest absolute Gasteiger partial charge is 0.461 e. The molecular weight excluding hydrogens is 330 g/mol. The van der Waals surface area contributed by atoms with Crippen molar-refractivity contribution >= 4 is 11.9 Å². The molecule has 1 aromatic carbocycles. The van der Waals surface area contributed by atoms with Crippen LogP contribution in [0.2, 0.25) is 0 Å². The molecule has 0 unspecified atom stereocenters. The highest BCUT2D eigenvalue weighted by Gasteiger charge is 2.31. The lowest BCUT2D eigenvalue weighted by molar-refractivity contribution is -0.135. The molecule has 6 heteroatoms. The zero-order valence-electron chi connectivity index (χ0n) is 15.8. The van der Waals surface area contributed by atoms with E-state index in [0.29, 0.717) is 31.8 Å². The van der Waals surface area contributed by atoms with Crippen LogP contribution in [0.1, 0.15) is 48.1 Å². The summed E-state index contributed by atoms with van der Waals surface area (Å²) in [5, 5.41) is 4.55. The molecule has 0 fully saturated rings. The normalized spacial score (nSPS) is 13.7. The van der Waals surface area contributed by atoms with Crippen LogP contribution >= 0.6 is 0 Å². The van der Waals surface area contributed by atoms with Gasteiger partial charge in [0.05, 0.1) is 18.0 Å². The van der Waals surface area contributed by atoms with Crippen molar-refractivity contribution in [3.63, 3.8) is 0 Å². The molecule has 26 heavy (non-hydrogen) atoms. The van der Waals surface area contributed by atoms with E-state index < -0.39 is 5.97 Å². The van der Waals surface area contributed by atoms with Gasteiger partial charge < -0.3 is 9.64 Å². The summed E-state index contributed by atoms with van der Waals surface area (Å²) in [5.74, 6) is -0.420. The summed E-state index contributed by atoms with van der Waals surface area (Å²) >= 11 is 0. The molecule has 0 aliphatic carbocycles. The predicted octanol–water partition coefficient (Wildman–Crippen LogP) is 2.90. The van der Waals surface area contributed by atoms with E-state index in [-0.39, 0.29) is 11.8 Å². The van der Waals surface area contributed by atoms with Crippen molar-refractivity contribution in [2.45, 2.75) is 40.7 Å². The molecule has 138 valence electrons. The highest BCUT2D eigenvalue weighted by Crippen LogP contribution is 2.27. The van der Waals surface area contributed by atoms with E-state index in [9.17, 15) is 9.59 Å². The lowest BCUT2D eigenvalue weighted by atomic mass is 10.0. The van der Waals surface area contributed by atoms with Gasteiger partial charge >= 0.3 is 5.97 Å². The molecule has 1 aromatic heterocycles. The van der Waals surface area contributed by atoms with Gasteiger partial charge in [-0.1, -0.05) is 31.5 Å². The fourth-order valence-corrected chi connectivity index (χ4v) is 3.24. The molecule has 2 heterocycles. The smallest absolute Gasteiger partial charge is 0.359 e. The summed E-state index contributed by atoms with van der Waals surface area (Å²) in [6.07, 6.45) is 0.661. The van der Waals surface area contributed by atoms with Gasteiger partial charge in [0.25, 0.3) is 0 Å². The van der Waals surface area contributed by atoms with Crippen molar-refractivity contribution in [3.05, 3.63) is 46.8 Å². The molecule has 0 N–H and O–H groups in total. The number of hydrogen-bond acceptors (Lipinski definition) is 4. The number of rotatable bonds is 4. The van der Waals surface area contributed by atoms with Crippen LogP contribution in [0.3, 0.4) is 0 Å². The van der Waals surface area contributed by atoms with Crippen molar-refractivity contribution in [1.29, 1.82) is 0 Å². The zero-order valence-corrected chi connectivity index (χ0v) is 15.8. The first-order valence-electron chi connectivity index (χ1n) is 9.06. The number of aromatic nitrogens is 2. The van der Waals surface area contributed by atoms with Gasteiger partial charge in [0.15, 0.2) is 5.69 Å². The number of aryl methyl sites for hydroxylation is 1.